The van der Waals surface area contributed by atoms with Crippen LogP contribution in [0.4, 0.5) is 0 Å². The van der Waals surface area contributed by atoms with Gasteiger partial charge in [0, 0.05) is 15.8 Å². The summed E-state index contributed by atoms with van der Waals surface area (Å²) >= 11 is 1.81. The van der Waals surface area contributed by atoms with Crippen molar-refractivity contribution in [1.29, 1.82) is 0 Å². The van der Waals surface area contributed by atoms with Crippen molar-refractivity contribution in [2.24, 2.45) is 0 Å². The van der Waals surface area contributed by atoms with E-state index in [1.165, 1.54) is 9.75 Å². The lowest BCUT2D eigenvalue weighted by molar-refractivity contribution is -0.145. The van der Waals surface area contributed by atoms with Crippen LogP contribution in [0.2, 0.25) is 0 Å². The van der Waals surface area contributed by atoms with Crippen LogP contribution in [-0.2, 0) is 16.0 Å². The molecule has 0 amide bonds. The Morgan fingerprint density at radius 3 is 2.71 bits per heavy atom. The molecule has 1 rings (SSSR count). The Balaban J connectivity index is 2.38. The summed E-state index contributed by atoms with van der Waals surface area (Å²) in [6, 6.07) is 4.30. The van der Waals surface area contributed by atoms with Crippen LogP contribution >= 0.6 is 11.3 Å². The number of thiophene rings is 1. The molecule has 1 aromatic rings. The van der Waals surface area contributed by atoms with Crippen LogP contribution in [0.25, 0.3) is 0 Å². The van der Waals surface area contributed by atoms with Gasteiger partial charge in [0.15, 0.2) is 0 Å². The van der Waals surface area contributed by atoms with E-state index in [4.69, 9.17) is 4.74 Å². The number of hydrogen-bond acceptors (Lipinski definition) is 4. The fourth-order valence-corrected chi connectivity index (χ4v) is 2.74. The molecule has 0 aliphatic heterocycles. The summed E-state index contributed by atoms with van der Waals surface area (Å²) in [6.45, 7) is 8.29. The van der Waals surface area contributed by atoms with E-state index in [-0.39, 0.29) is 18.1 Å². The summed E-state index contributed by atoms with van der Waals surface area (Å²) in [5.41, 5.74) is 0. The van der Waals surface area contributed by atoms with E-state index >= 15 is 0 Å². The molecule has 0 aromatic carbocycles. The van der Waals surface area contributed by atoms with Gasteiger partial charge in [0.1, 0.15) is 6.04 Å². The maximum absolute atomic E-state index is 11.5. The minimum atomic E-state index is -0.244. The highest BCUT2D eigenvalue weighted by atomic mass is 32.1. The van der Waals surface area contributed by atoms with Gasteiger partial charge >= 0.3 is 5.97 Å². The minimum Gasteiger partial charge on any atom is -0.465 e. The lowest BCUT2D eigenvalue weighted by atomic mass is 10.2. The minimum absolute atomic E-state index is 0.179. The standard InChI is InChI=1S/C13H21NO2S/c1-5-16-13(15)11(4)14-9(2)8-12-7-6-10(3)17-12/h6-7,9,11,14H,5,8H2,1-4H3. The van der Waals surface area contributed by atoms with E-state index in [2.05, 4.69) is 31.3 Å². The first-order valence-electron chi connectivity index (χ1n) is 6.01. The SMILES string of the molecule is CCOC(=O)C(C)NC(C)Cc1ccc(C)s1. The largest absolute Gasteiger partial charge is 0.465 e. The molecule has 1 heterocycles. The van der Waals surface area contributed by atoms with E-state index in [0.717, 1.165) is 6.42 Å². The molecular formula is C13H21NO2S. The molecule has 0 saturated heterocycles. The Labute approximate surface area is 107 Å². The van der Waals surface area contributed by atoms with E-state index < -0.39 is 0 Å². The van der Waals surface area contributed by atoms with Gasteiger partial charge in [-0.1, -0.05) is 0 Å². The van der Waals surface area contributed by atoms with Crippen LogP contribution in [0.3, 0.4) is 0 Å². The summed E-state index contributed by atoms with van der Waals surface area (Å²) in [7, 11) is 0. The maximum Gasteiger partial charge on any atom is 0.322 e. The quantitative estimate of drug-likeness (QED) is 0.794. The van der Waals surface area contributed by atoms with E-state index in [1.807, 2.05) is 13.8 Å². The lowest BCUT2D eigenvalue weighted by Crippen LogP contribution is -2.41. The molecule has 0 spiro atoms. The van der Waals surface area contributed by atoms with Crippen LogP contribution in [0.15, 0.2) is 12.1 Å². The summed E-state index contributed by atoms with van der Waals surface area (Å²) in [4.78, 5) is 14.1. The van der Waals surface area contributed by atoms with E-state index in [1.54, 1.807) is 11.3 Å². The number of rotatable bonds is 6. The van der Waals surface area contributed by atoms with Crippen molar-refractivity contribution in [3.63, 3.8) is 0 Å². The molecule has 2 unspecified atom stereocenters. The summed E-state index contributed by atoms with van der Waals surface area (Å²) < 4.78 is 4.96. The Morgan fingerprint density at radius 1 is 1.47 bits per heavy atom. The Morgan fingerprint density at radius 2 is 2.18 bits per heavy atom. The molecular weight excluding hydrogens is 234 g/mol. The predicted octanol–water partition coefficient (Wildman–Crippen LogP) is 2.53. The highest BCUT2D eigenvalue weighted by Crippen LogP contribution is 2.16. The smallest absolute Gasteiger partial charge is 0.322 e. The molecule has 1 aromatic heterocycles. The van der Waals surface area contributed by atoms with Gasteiger partial charge in [-0.25, -0.2) is 0 Å². The van der Waals surface area contributed by atoms with Crippen molar-refractivity contribution in [2.45, 2.75) is 46.2 Å². The average molecular weight is 255 g/mol. The highest BCUT2D eigenvalue weighted by molar-refractivity contribution is 7.11. The van der Waals surface area contributed by atoms with Crippen LogP contribution in [0.5, 0.6) is 0 Å². The molecule has 0 saturated carbocycles. The number of nitrogens with one attached hydrogen (secondary N) is 1. The number of carbonyl (C=O) groups excluding carboxylic acids is 1. The van der Waals surface area contributed by atoms with E-state index in [9.17, 15) is 4.79 Å². The normalized spacial score (nSPS) is 14.4. The second kappa shape index (κ2) is 6.77. The monoisotopic (exact) mass is 255 g/mol. The number of esters is 1. The second-order valence-electron chi connectivity index (χ2n) is 4.26. The number of aryl methyl sites for hydroxylation is 1. The summed E-state index contributed by atoms with van der Waals surface area (Å²) in [6.07, 6.45) is 0.947. The first-order valence-corrected chi connectivity index (χ1v) is 6.82. The zero-order chi connectivity index (χ0) is 12.8. The molecule has 4 heteroatoms. The van der Waals surface area contributed by atoms with Crippen molar-refractivity contribution in [3.8, 4) is 0 Å². The van der Waals surface area contributed by atoms with Gasteiger partial charge < -0.3 is 10.1 Å². The van der Waals surface area contributed by atoms with Crippen molar-refractivity contribution in [2.75, 3.05) is 6.61 Å². The average Bonchev–Trinajstić information content (AvgIpc) is 2.64. The molecule has 0 aliphatic carbocycles. The molecule has 0 bridgehead atoms. The maximum atomic E-state index is 11.5. The third kappa shape index (κ3) is 4.88. The van der Waals surface area contributed by atoms with Crippen LogP contribution in [0.1, 0.15) is 30.5 Å². The third-order valence-corrected chi connectivity index (χ3v) is 3.50. The molecule has 0 radical (unpaired) electrons. The van der Waals surface area contributed by atoms with Crippen LogP contribution in [0, 0.1) is 6.92 Å². The predicted molar refractivity (Wildman–Crippen MR) is 71.5 cm³/mol. The molecule has 1 N–H and O–H groups in total. The molecule has 0 fully saturated rings. The van der Waals surface area contributed by atoms with Gasteiger partial charge in [-0.3, -0.25) is 4.79 Å². The topological polar surface area (TPSA) is 38.3 Å². The first-order chi connectivity index (χ1) is 8.02. The Kier molecular flexibility index (Phi) is 5.65. The number of ether oxygens (including phenoxy) is 1. The fraction of sp³-hybridized carbons (Fsp3) is 0.615. The molecule has 17 heavy (non-hydrogen) atoms. The molecule has 3 nitrogen and oxygen atoms in total. The number of hydrogen-bond donors (Lipinski definition) is 1. The van der Waals surface area contributed by atoms with Crippen molar-refractivity contribution in [3.05, 3.63) is 21.9 Å². The fourth-order valence-electron chi connectivity index (χ4n) is 1.72. The van der Waals surface area contributed by atoms with Gasteiger partial charge in [-0.2, -0.15) is 0 Å². The van der Waals surface area contributed by atoms with Gasteiger partial charge in [-0.15, -0.1) is 11.3 Å². The number of carbonyl (C=O) groups is 1. The van der Waals surface area contributed by atoms with Crippen molar-refractivity contribution >= 4 is 17.3 Å². The van der Waals surface area contributed by atoms with Gasteiger partial charge in [0.05, 0.1) is 6.61 Å². The Hall–Kier alpha value is -0.870. The molecule has 96 valence electrons. The van der Waals surface area contributed by atoms with Crippen LogP contribution in [-0.4, -0.2) is 24.7 Å². The Bertz CT molecular complexity index is 362. The highest BCUT2D eigenvalue weighted by Gasteiger charge is 2.16. The van der Waals surface area contributed by atoms with Gasteiger partial charge in [-0.05, 0) is 46.2 Å². The van der Waals surface area contributed by atoms with Crippen molar-refractivity contribution < 1.29 is 9.53 Å². The molecule has 2 atom stereocenters. The third-order valence-electron chi connectivity index (χ3n) is 2.48. The summed E-state index contributed by atoms with van der Waals surface area (Å²) in [5, 5.41) is 3.25. The zero-order valence-electron chi connectivity index (χ0n) is 10.9. The van der Waals surface area contributed by atoms with Gasteiger partial charge in [0.2, 0.25) is 0 Å². The molecule has 0 aliphatic rings. The zero-order valence-corrected chi connectivity index (χ0v) is 11.8. The summed E-state index contributed by atoms with van der Waals surface area (Å²) in [5.74, 6) is -0.179. The van der Waals surface area contributed by atoms with E-state index in [0.29, 0.717) is 6.61 Å². The first kappa shape index (κ1) is 14.2. The van der Waals surface area contributed by atoms with Gasteiger partial charge in [0.25, 0.3) is 0 Å². The van der Waals surface area contributed by atoms with Crippen LogP contribution < -0.4 is 5.32 Å². The second-order valence-corrected chi connectivity index (χ2v) is 5.63. The lowest BCUT2D eigenvalue weighted by Gasteiger charge is -2.18. The van der Waals surface area contributed by atoms with Crippen molar-refractivity contribution in [1.82, 2.24) is 5.32 Å².